The first-order valence-corrected chi connectivity index (χ1v) is 6.53. The summed E-state index contributed by atoms with van der Waals surface area (Å²) in [6.45, 7) is 0.00217. The fourth-order valence-electron chi connectivity index (χ4n) is 2.68. The molecule has 1 N–H and O–H groups in total. The molecular formula is C14H15F4NO2. The maximum atomic E-state index is 13.2. The third-order valence-corrected chi connectivity index (χ3v) is 3.70. The lowest BCUT2D eigenvalue weighted by molar-refractivity contribution is -0.141. The average Bonchev–Trinajstić information content (AvgIpc) is 2.80. The second-order valence-corrected chi connectivity index (χ2v) is 5.23. The Bertz CT molecular complexity index is 518. The molecule has 2 rings (SSSR count). The molecule has 0 aliphatic carbocycles. The van der Waals surface area contributed by atoms with Gasteiger partial charge in [0.25, 0.3) is 0 Å². The molecule has 0 saturated carbocycles. The van der Waals surface area contributed by atoms with Gasteiger partial charge in [-0.3, -0.25) is 4.79 Å². The number of nitrogens with zero attached hydrogens (tertiary/aromatic N) is 1. The van der Waals surface area contributed by atoms with Crippen LogP contribution < -0.4 is 0 Å². The highest BCUT2D eigenvalue weighted by Gasteiger charge is 2.39. The number of hydrogen-bond donors (Lipinski definition) is 1. The summed E-state index contributed by atoms with van der Waals surface area (Å²) in [6.07, 6.45) is -5.25. The van der Waals surface area contributed by atoms with Crippen molar-refractivity contribution in [3.05, 3.63) is 35.6 Å². The normalized spacial score (nSPS) is 23.4. The van der Waals surface area contributed by atoms with Crippen LogP contribution >= 0.6 is 0 Å². The molecule has 1 aliphatic rings. The van der Waals surface area contributed by atoms with E-state index in [9.17, 15) is 27.5 Å². The maximum Gasteiger partial charge on any atom is 0.390 e. The van der Waals surface area contributed by atoms with Gasteiger partial charge in [0, 0.05) is 25.6 Å². The van der Waals surface area contributed by atoms with E-state index in [0.29, 0.717) is 5.56 Å². The lowest BCUT2D eigenvalue weighted by Crippen LogP contribution is -2.27. The lowest BCUT2D eigenvalue weighted by Gasteiger charge is -2.17. The molecule has 1 saturated heterocycles. The van der Waals surface area contributed by atoms with Gasteiger partial charge in [-0.25, -0.2) is 4.39 Å². The van der Waals surface area contributed by atoms with Crippen molar-refractivity contribution in [2.24, 2.45) is 5.92 Å². The summed E-state index contributed by atoms with van der Waals surface area (Å²) in [4.78, 5) is 12.7. The molecule has 0 radical (unpaired) electrons. The summed E-state index contributed by atoms with van der Waals surface area (Å²) < 4.78 is 50.0. The number of halogens is 4. The van der Waals surface area contributed by atoms with E-state index >= 15 is 0 Å². The zero-order valence-corrected chi connectivity index (χ0v) is 11.1. The van der Waals surface area contributed by atoms with Crippen LogP contribution in [0.1, 0.15) is 17.9 Å². The monoisotopic (exact) mass is 305 g/mol. The van der Waals surface area contributed by atoms with E-state index < -0.39 is 36.2 Å². The Balaban J connectivity index is 2.11. The maximum absolute atomic E-state index is 13.2. The van der Waals surface area contributed by atoms with Crippen LogP contribution in [0.15, 0.2) is 24.3 Å². The van der Waals surface area contributed by atoms with Crippen molar-refractivity contribution in [1.29, 1.82) is 0 Å². The highest BCUT2D eigenvalue weighted by Crippen LogP contribution is 2.34. The minimum absolute atomic E-state index is 0.0482. The summed E-state index contributed by atoms with van der Waals surface area (Å²) >= 11 is 0. The van der Waals surface area contributed by atoms with Gasteiger partial charge < -0.3 is 10.0 Å². The Morgan fingerprint density at radius 2 is 2.05 bits per heavy atom. The molecule has 1 fully saturated rings. The highest BCUT2D eigenvalue weighted by molar-refractivity contribution is 5.72. The topological polar surface area (TPSA) is 40.5 Å². The van der Waals surface area contributed by atoms with Gasteiger partial charge in [0.2, 0.25) is 0 Å². The molecule has 0 unspecified atom stereocenters. The number of likely N-dealkylation sites (tertiary alicyclic amines) is 1. The molecule has 2 atom stereocenters. The van der Waals surface area contributed by atoms with Crippen LogP contribution in [0.25, 0.3) is 0 Å². The molecule has 3 nitrogen and oxygen atoms in total. The summed E-state index contributed by atoms with van der Waals surface area (Å²) in [6, 6.07) is 5.57. The van der Waals surface area contributed by atoms with Crippen molar-refractivity contribution in [3.63, 3.8) is 0 Å². The fourth-order valence-corrected chi connectivity index (χ4v) is 2.68. The van der Waals surface area contributed by atoms with Gasteiger partial charge in [-0.1, -0.05) is 12.1 Å². The summed E-state index contributed by atoms with van der Waals surface area (Å²) in [5.74, 6) is -2.87. The highest BCUT2D eigenvalue weighted by atomic mass is 19.4. The first kappa shape index (κ1) is 15.8. The van der Waals surface area contributed by atoms with Gasteiger partial charge in [-0.05, 0) is 17.7 Å². The second kappa shape index (κ2) is 6.01. The standard InChI is InChI=1S/C14H15F4NO2/c15-10-3-1-2-9(6-10)11-7-19(5-4-14(16,17)18)8-12(11)13(20)21/h1-3,6,11-12H,4-5,7-8H2,(H,20,21)/t11-,12+/m0/s1. The minimum Gasteiger partial charge on any atom is -0.481 e. The molecule has 116 valence electrons. The van der Waals surface area contributed by atoms with Gasteiger partial charge in [0.15, 0.2) is 0 Å². The van der Waals surface area contributed by atoms with E-state index in [4.69, 9.17) is 0 Å². The van der Waals surface area contributed by atoms with E-state index in [1.165, 1.54) is 23.1 Å². The summed E-state index contributed by atoms with van der Waals surface area (Å²) in [5.41, 5.74) is 0.511. The summed E-state index contributed by atoms with van der Waals surface area (Å²) in [5, 5.41) is 9.22. The number of carbonyl (C=O) groups is 1. The van der Waals surface area contributed by atoms with Gasteiger partial charge in [-0.2, -0.15) is 13.2 Å². The average molecular weight is 305 g/mol. The van der Waals surface area contributed by atoms with E-state index in [-0.39, 0.29) is 19.6 Å². The van der Waals surface area contributed by atoms with Crippen molar-refractivity contribution in [2.45, 2.75) is 18.5 Å². The zero-order chi connectivity index (χ0) is 15.6. The van der Waals surface area contributed by atoms with Crippen molar-refractivity contribution in [3.8, 4) is 0 Å². The van der Waals surface area contributed by atoms with Crippen LogP contribution in [0, 0.1) is 11.7 Å². The van der Waals surface area contributed by atoms with Crippen LogP contribution in [0.5, 0.6) is 0 Å². The Morgan fingerprint density at radius 3 is 2.62 bits per heavy atom. The number of carboxylic acid groups (broad SMARTS) is 1. The molecule has 21 heavy (non-hydrogen) atoms. The molecule has 1 aliphatic heterocycles. The Morgan fingerprint density at radius 1 is 1.33 bits per heavy atom. The summed E-state index contributed by atoms with van der Waals surface area (Å²) in [7, 11) is 0. The van der Waals surface area contributed by atoms with Crippen molar-refractivity contribution in [2.75, 3.05) is 19.6 Å². The number of rotatable bonds is 4. The molecule has 0 spiro atoms. The van der Waals surface area contributed by atoms with Gasteiger partial charge >= 0.3 is 12.1 Å². The molecule has 1 aromatic carbocycles. The molecule has 0 bridgehead atoms. The van der Waals surface area contributed by atoms with E-state index in [0.717, 1.165) is 0 Å². The van der Waals surface area contributed by atoms with Crippen molar-refractivity contribution in [1.82, 2.24) is 4.90 Å². The smallest absolute Gasteiger partial charge is 0.390 e. The fraction of sp³-hybridized carbons (Fsp3) is 0.500. The lowest BCUT2D eigenvalue weighted by atomic mass is 9.89. The van der Waals surface area contributed by atoms with Crippen LogP contribution in [-0.2, 0) is 4.79 Å². The van der Waals surface area contributed by atoms with Gasteiger partial charge in [-0.15, -0.1) is 0 Å². The first-order valence-electron chi connectivity index (χ1n) is 6.53. The molecule has 7 heteroatoms. The number of alkyl halides is 3. The van der Waals surface area contributed by atoms with Crippen LogP contribution in [0.4, 0.5) is 17.6 Å². The predicted octanol–water partition coefficient (Wildman–Crippen LogP) is 2.88. The van der Waals surface area contributed by atoms with Gasteiger partial charge in [0.05, 0.1) is 12.3 Å². The number of aliphatic carboxylic acids is 1. The largest absolute Gasteiger partial charge is 0.481 e. The third kappa shape index (κ3) is 4.17. The van der Waals surface area contributed by atoms with Crippen LogP contribution in [0.2, 0.25) is 0 Å². The third-order valence-electron chi connectivity index (χ3n) is 3.70. The van der Waals surface area contributed by atoms with Crippen molar-refractivity contribution >= 4 is 5.97 Å². The molecule has 1 heterocycles. The molecular weight excluding hydrogens is 290 g/mol. The van der Waals surface area contributed by atoms with E-state index in [2.05, 4.69) is 0 Å². The molecule has 1 aromatic rings. The second-order valence-electron chi connectivity index (χ2n) is 5.23. The van der Waals surface area contributed by atoms with Gasteiger partial charge in [0.1, 0.15) is 5.82 Å². The zero-order valence-electron chi connectivity index (χ0n) is 11.1. The number of carboxylic acids is 1. The number of hydrogen-bond acceptors (Lipinski definition) is 2. The van der Waals surface area contributed by atoms with Crippen LogP contribution in [-0.4, -0.2) is 41.8 Å². The quantitative estimate of drug-likeness (QED) is 0.870. The first-order chi connectivity index (χ1) is 9.76. The predicted molar refractivity (Wildman–Crippen MR) is 67.4 cm³/mol. The molecule has 0 amide bonds. The minimum atomic E-state index is -4.27. The Kier molecular flexibility index (Phi) is 4.51. The van der Waals surface area contributed by atoms with E-state index in [1.54, 1.807) is 6.07 Å². The SMILES string of the molecule is O=C(O)[C@@H]1CN(CCC(F)(F)F)C[C@H]1c1cccc(F)c1. The Hall–Kier alpha value is -1.63. The van der Waals surface area contributed by atoms with E-state index in [1.807, 2.05) is 0 Å². The Labute approximate surface area is 119 Å². The number of benzene rings is 1. The van der Waals surface area contributed by atoms with Crippen molar-refractivity contribution < 1.29 is 27.5 Å². The van der Waals surface area contributed by atoms with Crippen LogP contribution in [0.3, 0.4) is 0 Å². The molecule has 0 aromatic heterocycles.